The van der Waals surface area contributed by atoms with E-state index >= 15 is 0 Å². The fourth-order valence-electron chi connectivity index (χ4n) is 6.74. The van der Waals surface area contributed by atoms with E-state index in [1.807, 2.05) is 0 Å². The molecule has 36 heavy (non-hydrogen) atoms. The summed E-state index contributed by atoms with van der Waals surface area (Å²) >= 11 is 0. The molecule has 2 heterocycles. The van der Waals surface area contributed by atoms with Crippen molar-refractivity contribution < 1.29 is 0 Å². The number of aromatic nitrogens is 1. The summed E-state index contributed by atoms with van der Waals surface area (Å²) in [7, 11) is 0. The minimum atomic E-state index is 0.776. The number of allylic oxidation sites excluding steroid dienone is 8. The number of hydrogen-bond donors (Lipinski definition) is 1. The molecule has 2 nitrogen and oxygen atoms in total. The van der Waals surface area contributed by atoms with Crippen molar-refractivity contribution in [3.63, 3.8) is 0 Å². The highest BCUT2D eigenvalue weighted by molar-refractivity contribution is 5.83. The highest BCUT2D eigenvalue weighted by atomic mass is 15.1. The van der Waals surface area contributed by atoms with Gasteiger partial charge in [-0.3, -0.25) is 0 Å². The van der Waals surface area contributed by atoms with Crippen LogP contribution in [0.25, 0.3) is 23.4 Å². The Morgan fingerprint density at radius 1 is 0.861 bits per heavy atom. The number of hydrogen-bond acceptors (Lipinski definition) is 1. The Morgan fingerprint density at radius 3 is 2.53 bits per heavy atom. The molecule has 1 aromatic carbocycles. The summed E-state index contributed by atoms with van der Waals surface area (Å²) < 4.78 is 2.58. The van der Waals surface area contributed by atoms with Gasteiger partial charge in [0.15, 0.2) is 0 Å². The van der Waals surface area contributed by atoms with Crippen molar-refractivity contribution >= 4 is 23.4 Å². The van der Waals surface area contributed by atoms with Crippen molar-refractivity contribution in [1.82, 2.24) is 9.88 Å². The second-order valence-corrected chi connectivity index (χ2v) is 11.3. The molecule has 0 atom stereocenters. The van der Waals surface area contributed by atoms with Crippen LogP contribution in [0.2, 0.25) is 0 Å². The van der Waals surface area contributed by atoms with Crippen LogP contribution >= 0.6 is 0 Å². The molecule has 7 rings (SSSR count). The standard InChI is InChI=1S/C34H36N2/c1-22-9-15-30-32-20-26(14-16-33(32)36(34(30)18-22)27-6-5-17-35-21-27)25-11-10-23(2)31(19-25)29-8-4-3-7-28(29)24-12-13-24/h3-8,17-20,24,35H,9-16,21H2,1-2H3. The lowest BCUT2D eigenvalue weighted by Crippen LogP contribution is -2.19. The molecule has 0 bridgehead atoms. The number of dihydropyridines is 1. The lowest BCUT2D eigenvalue weighted by molar-refractivity contribution is 0.809. The van der Waals surface area contributed by atoms with Crippen LogP contribution in [0, 0.1) is 0 Å². The van der Waals surface area contributed by atoms with E-state index in [-0.39, 0.29) is 0 Å². The summed E-state index contributed by atoms with van der Waals surface area (Å²) in [5.74, 6) is 0.776. The van der Waals surface area contributed by atoms with Crippen LogP contribution in [0.3, 0.4) is 0 Å². The van der Waals surface area contributed by atoms with Crippen LogP contribution < -0.4 is 5.32 Å². The number of benzene rings is 1. The van der Waals surface area contributed by atoms with Gasteiger partial charge in [0.2, 0.25) is 0 Å². The Labute approximate surface area is 215 Å². The summed E-state index contributed by atoms with van der Waals surface area (Å²) in [5.41, 5.74) is 18.1. The van der Waals surface area contributed by atoms with Crippen LogP contribution in [0.15, 0.2) is 71.0 Å². The molecule has 0 radical (unpaired) electrons. The van der Waals surface area contributed by atoms with Gasteiger partial charge in [0.25, 0.3) is 0 Å². The van der Waals surface area contributed by atoms with E-state index in [4.69, 9.17) is 0 Å². The van der Waals surface area contributed by atoms with E-state index < -0.39 is 0 Å². The smallest absolute Gasteiger partial charge is 0.0551 e. The maximum absolute atomic E-state index is 3.43. The fraction of sp³-hybridized carbons (Fsp3) is 0.353. The lowest BCUT2D eigenvalue weighted by atomic mass is 9.81. The van der Waals surface area contributed by atoms with Crippen molar-refractivity contribution in [1.29, 1.82) is 0 Å². The third kappa shape index (κ3) is 3.70. The Hall–Kier alpha value is -3.26. The molecule has 4 aliphatic carbocycles. The minimum Gasteiger partial charge on any atom is -0.385 e. The Morgan fingerprint density at radius 2 is 1.69 bits per heavy atom. The first-order valence-electron chi connectivity index (χ1n) is 13.9. The molecule has 0 saturated heterocycles. The molecule has 1 aliphatic heterocycles. The SMILES string of the molecule is CC1=Cc2c(c3c(n2C2=CC=CNC2)CCC(C2=CC(c4ccccc4C4CC4)=C(C)CC2)=C3)CC1. The van der Waals surface area contributed by atoms with E-state index in [0.717, 1.165) is 31.7 Å². The van der Waals surface area contributed by atoms with Gasteiger partial charge in [-0.15, -0.1) is 0 Å². The number of nitrogens with one attached hydrogen (secondary N) is 1. The quantitative estimate of drug-likeness (QED) is 0.474. The molecule has 2 heteroatoms. The van der Waals surface area contributed by atoms with Gasteiger partial charge in [0.1, 0.15) is 0 Å². The van der Waals surface area contributed by atoms with E-state index in [1.165, 1.54) is 71.5 Å². The molecule has 1 N–H and O–H groups in total. The largest absolute Gasteiger partial charge is 0.385 e. The molecule has 0 unspecified atom stereocenters. The van der Waals surface area contributed by atoms with Crippen molar-refractivity contribution in [3.05, 3.63) is 105 Å². The van der Waals surface area contributed by atoms with E-state index in [2.05, 4.69) is 84.6 Å². The molecular formula is C34H36N2. The van der Waals surface area contributed by atoms with Crippen molar-refractivity contribution in [2.24, 2.45) is 0 Å². The topological polar surface area (TPSA) is 17.0 Å². The van der Waals surface area contributed by atoms with Gasteiger partial charge in [-0.05, 0) is 141 Å². The highest BCUT2D eigenvalue weighted by Gasteiger charge is 2.30. The van der Waals surface area contributed by atoms with Gasteiger partial charge in [-0.1, -0.05) is 41.5 Å². The van der Waals surface area contributed by atoms with Gasteiger partial charge >= 0.3 is 0 Å². The molecule has 1 aromatic heterocycles. The van der Waals surface area contributed by atoms with Crippen LogP contribution in [0.5, 0.6) is 0 Å². The molecule has 1 saturated carbocycles. The zero-order valence-corrected chi connectivity index (χ0v) is 21.7. The molecule has 0 spiro atoms. The second kappa shape index (κ2) is 8.69. The predicted molar refractivity (Wildman–Crippen MR) is 152 cm³/mol. The van der Waals surface area contributed by atoms with Gasteiger partial charge in [-0.25, -0.2) is 0 Å². The molecule has 182 valence electrons. The van der Waals surface area contributed by atoms with Crippen LogP contribution in [0.1, 0.15) is 91.9 Å². The summed E-state index contributed by atoms with van der Waals surface area (Å²) in [6.07, 6.45) is 23.7. The van der Waals surface area contributed by atoms with Gasteiger partial charge in [-0.2, -0.15) is 0 Å². The van der Waals surface area contributed by atoms with Gasteiger partial charge in [0.05, 0.1) is 6.54 Å². The lowest BCUT2D eigenvalue weighted by Gasteiger charge is -2.25. The average Bonchev–Trinajstić information content (AvgIpc) is 3.71. The summed E-state index contributed by atoms with van der Waals surface area (Å²) in [6, 6.07) is 9.19. The Balaban J connectivity index is 1.32. The fourth-order valence-corrected chi connectivity index (χ4v) is 6.74. The monoisotopic (exact) mass is 472 g/mol. The minimum absolute atomic E-state index is 0.776. The third-order valence-corrected chi connectivity index (χ3v) is 8.86. The van der Waals surface area contributed by atoms with E-state index in [1.54, 1.807) is 27.8 Å². The summed E-state index contributed by atoms with van der Waals surface area (Å²) in [5, 5.41) is 3.43. The number of nitrogens with zero attached hydrogens (tertiary/aromatic N) is 1. The predicted octanol–water partition coefficient (Wildman–Crippen LogP) is 8.20. The van der Waals surface area contributed by atoms with E-state index in [9.17, 15) is 0 Å². The first-order chi connectivity index (χ1) is 17.7. The molecular weight excluding hydrogens is 436 g/mol. The third-order valence-electron chi connectivity index (χ3n) is 8.86. The van der Waals surface area contributed by atoms with Crippen LogP contribution in [-0.2, 0) is 12.8 Å². The van der Waals surface area contributed by atoms with E-state index in [0.29, 0.717) is 0 Å². The van der Waals surface area contributed by atoms with Crippen molar-refractivity contribution in [3.8, 4) is 0 Å². The summed E-state index contributed by atoms with van der Waals surface area (Å²) in [4.78, 5) is 0. The first kappa shape index (κ1) is 22.0. The second-order valence-electron chi connectivity index (χ2n) is 11.3. The molecule has 5 aliphatic rings. The Bertz CT molecular complexity index is 1440. The zero-order valence-electron chi connectivity index (χ0n) is 21.7. The maximum atomic E-state index is 3.43. The zero-order chi connectivity index (χ0) is 24.2. The van der Waals surface area contributed by atoms with Gasteiger partial charge in [0, 0.05) is 17.1 Å². The van der Waals surface area contributed by atoms with Crippen molar-refractivity contribution in [2.75, 3.05) is 6.54 Å². The Kier molecular flexibility index (Phi) is 5.31. The highest BCUT2D eigenvalue weighted by Crippen LogP contribution is 2.46. The van der Waals surface area contributed by atoms with Crippen LogP contribution in [-0.4, -0.2) is 11.1 Å². The summed E-state index contributed by atoms with van der Waals surface area (Å²) in [6.45, 7) is 5.54. The normalized spacial score (nSPS) is 21.2. The number of fused-ring (bicyclic) bond motifs is 3. The molecule has 1 fully saturated rings. The maximum Gasteiger partial charge on any atom is 0.0551 e. The van der Waals surface area contributed by atoms with Gasteiger partial charge < -0.3 is 9.88 Å². The average molecular weight is 473 g/mol. The molecule has 2 aromatic rings. The van der Waals surface area contributed by atoms with Crippen LogP contribution in [0.4, 0.5) is 0 Å². The molecule has 0 amide bonds. The number of rotatable bonds is 4. The first-order valence-corrected chi connectivity index (χ1v) is 13.9. The van der Waals surface area contributed by atoms with Crippen molar-refractivity contribution in [2.45, 2.75) is 71.1 Å².